The Labute approximate surface area is 509 Å². The van der Waals surface area contributed by atoms with Crippen LogP contribution in [0.1, 0.15) is 107 Å². The fourth-order valence-electron chi connectivity index (χ4n) is 10.8. The van der Waals surface area contributed by atoms with Crippen molar-refractivity contribution >= 4 is 53.1 Å². The number of nitrogens with zero attached hydrogens (tertiary/aromatic N) is 7. The average Bonchev–Trinajstić information content (AvgIpc) is 1.44. The number of allylic oxidation sites excluding steroid dienone is 1. The molecule has 8 aromatic rings. The van der Waals surface area contributed by atoms with Crippen molar-refractivity contribution in [3.63, 3.8) is 0 Å². The molecule has 3 aromatic heterocycles. The van der Waals surface area contributed by atoms with E-state index in [9.17, 15) is 24.8 Å². The predicted molar refractivity (Wildman–Crippen MR) is 330 cm³/mol. The van der Waals surface area contributed by atoms with Crippen LogP contribution in [0.25, 0.3) is 11.2 Å². The number of rotatable bonds is 25. The molecular formula is C65H68N9O11PS. The largest absolute Gasteiger partial charge is 0.497 e. The Bertz CT molecular complexity index is 3850. The summed E-state index contributed by atoms with van der Waals surface area (Å²) >= 11 is 6.50. The van der Waals surface area contributed by atoms with Gasteiger partial charge in [0.25, 0.3) is 11.8 Å². The van der Waals surface area contributed by atoms with Gasteiger partial charge in [-0.1, -0.05) is 128 Å². The number of nitrogens with one attached hydrogen (secondary N) is 2. The predicted octanol–water partition coefficient (Wildman–Crippen LogP) is 11.1. The fraction of sp³-hybridized carbons (Fsp3) is 0.323. The second kappa shape index (κ2) is 27.3. The van der Waals surface area contributed by atoms with Gasteiger partial charge in [0, 0.05) is 30.2 Å². The smallest absolute Gasteiger partial charge is 0.351 e. The highest BCUT2D eigenvalue weighted by Gasteiger charge is 2.48. The van der Waals surface area contributed by atoms with Gasteiger partial charge in [0.05, 0.1) is 57.5 Å². The van der Waals surface area contributed by atoms with E-state index in [1.807, 2.05) is 125 Å². The van der Waals surface area contributed by atoms with Crippen LogP contribution in [0.15, 0.2) is 176 Å². The molecule has 0 spiro atoms. The molecule has 2 fully saturated rings. The lowest BCUT2D eigenvalue weighted by molar-refractivity contribution is -0.0956. The van der Waals surface area contributed by atoms with Crippen LogP contribution in [0.2, 0.25) is 0 Å². The highest BCUT2D eigenvalue weighted by atomic mass is 32.5. The van der Waals surface area contributed by atoms with E-state index < -0.39 is 72.3 Å². The van der Waals surface area contributed by atoms with Crippen molar-refractivity contribution in [1.29, 1.82) is 5.26 Å². The zero-order chi connectivity index (χ0) is 61.3. The van der Waals surface area contributed by atoms with Crippen LogP contribution in [0.4, 0.5) is 11.6 Å². The Balaban J connectivity index is 0.991. The molecule has 0 bridgehead atoms. The Kier molecular flexibility index (Phi) is 19.4. The Morgan fingerprint density at radius 3 is 2.10 bits per heavy atom. The van der Waals surface area contributed by atoms with Crippen LogP contribution in [0.5, 0.6) is 5.75 Å². The maximum Gasteiger partial charge on any atom is 0.351 e. The van der Waals surface area contributed by atoms with E-state index in [-0.39, 0.29) is 50.0 Å². The summed E-state index contributed by atoms with van der Waals surface area (Å²) in [5.74, 6) is 0.0305. The summed E-state index contributed by atoms with van der Waals surface area (Å²) in [7, 11) is 1.60. The van der Waals surface area contributed by atoms with Crippen molar-refractivity contribution in [2.45, 2.75) is 108 Å². The minimum absolute atomic E-state index is 0.0181. The van der Waals surface area contributed by atoms with Gasteiger partial charge >= 0.3 is 12.4 Å². The zero-order valence-corrected chi connectivity index (χ0v) is 50.5. The van der Waals surface area contributed by atoms with Gasteiger partial charge in [-0.15, -0.1) is 6.58 Å². The molecule has 0 radical (unpaired) electrons. The maximum absolute atomic E-state index is 14.2. The molecule has 2 saturated heterocycles. The summed E-state index contributed by atoms with van der Waals surface area (Å²) in [6.45, 7) is 7.27. The Morgan fingerprint density at radius 2 is 1.45 bits per heavy atom. The quantitative estimate of drug-likeness (QED) is 0.0273. The molecule has 10 atom stereocenters. The number of amides is 2. The molecule has 20 nitrogen and oxygen atoms in total. The Morgan fingerprint density at radius 1 is 0.828 bits per heavy atom. The molecule has 10 rings (SSSR count). The monoisotopic (exact) mass is 1210 g/mol. The van der Waals surface area contributed by atoms with Gasteiger partial charge in [-0.3, -0.25) is 18.7 Å². The second-order valence-corrected chi connectivity index (χ2v) is 24.7. The van der Waals surface area contributed by atoms with Gasteiger partial charge in [-0.05, 0) is 103 Å². The topological polar surface area (TPSA) is 245 Å². The summed E-state index contributed by atoms with van der Waals surface area (Å²) in [5.41, 5.74) is 3.16. The second-order valence-electron chi connectivity index (χ2n) is 21.8. The molecule has 450 valence electrons. The molecule has 10 unspecified atom stereocenters. The number of imidazole rings is 1. The van der Waals surface area contributed by atoms with Gasteiger partial charge in [-0.25, -0.2) is 19.7 Å². The molecule has 22 heteroatoms. The van der Waals surface area contributed by atoms with Crippen molar-refractivity contribution in [3.8, 4) is 11.8 Å². The third-order valence-electron chi connectivity index (χ3n) is 16.0. The van der Waals surface area contributed by atoms with Crippen LogP contribution in [0, 0.1) is 30.6 Å². The molecule has 0 aliphatic carbocycles. The number of nitriles is 1. The maximum atomic E-state index is 14.2. The first-order valence-corrected chi connectivity index (χ1v) is 31.1. The number of aryl methyl sites for hydroxylation is 2. The van der Waals surface area contributed by atoms with Gasteiger partial charge in [0.1, 0.15) is 48.2 Å². The number of benzene rings is 5. The van der Waals surface area contributed by atoms with Crippen LogP contribution in [0.3, 0.4) is 0 Å². The Hall–Kier alpha value is -8.13. The molecule has 87 heavy (non-hydrogen) atoms. The minimum atomic E-state index is -4.13. The number of ether oxygens (including phenoxy) is 4. The number of hydrogen-bond donors (Lipinski definition) is 3. The summed E-state index contributed by atoms with van der Waals surface area (Å²) in [4.78, 5) is 58.2. The molecule has 3 N–H and O–H groups in total. The molecule has 0 saturated carbocycles. The van der Waals surface area contributed by atoms with E-state index in [0.29, 0.717) is 40.9 Å². The third kappa shape index (κ3) is 13.9. The molecular weight excluding hydrogens is 1150 g/mol. The standard InChI is InChI=1S/C65H68N9O11PS/c1-7-33-64(5,8-2)54(31-34-66)85-86(87,81-39-52-50(75)36-56(82-52)74-41-69-58-59(67-40-68-60(58)74)72-62(77)44-15-11-9-12-16-44)84-51-37-57(73-35-32-55(71-63(73)78)70-61(76)45-23-19-42(3)20-24-45)83-53(51)38-80-65(46-17-13-10-14-18-46,47-25-21-43(4)22-26-47)48-27-29-49(79-6)30-28-48/h7,9-30,32,35,40-41,50-54,56-57,75H,1,8,31,33,36-39H2,2-6H3,(H,67,68,72,77)(H,70,71,76,78). The third-order valence-corrected chi connectivity index (χ3v) is 18.3. The SMILES string of the molecule is C=CCC(C)(CC)C(CC#N)OP(=S)(OCC1OC(n2cnc3c(NC(=O)c4ccccc4)ncnc32)CC1O)OC1CC(n2ccc(NC(=O)c3ccc(C)cc3)nc2=O)OC1COC(c1ccccc1)(c1ccc(C)cc1)c1ccc(OC)cc1. The number of aromatic nitrogens is 6. The highest BCUT2D eigenvalue weighted by Crippen LogP contribution is 2.58. The lowest BCUT2D eigenvalue weighted by atomic mass is 9.77. The molecule has 5 aromatic carbocycles. The molecule has 2 aliphatic heterocycles. The van der Waals surface area contributed by atoms with E-state index in [1.165, 1.54) is 29.5 Å². The van der Waals surface area contributed by atoms with Crippen molar-refractivity contribution in [2.24, 2.45) is 5.41 Å². The molecule has 2 aliphatic rings. The van der Waals surface area contributed by atoms with E-state index in [4.69, 9.17) is 44.3 Å². The normalized spacial score (nSPS) is 20.7. The first-order valence-electron chi connectivity index (χ1n) is 28.6. The molecule has 2 amide bonds. The zero-order valence-electron chi connectivity index (χ0n) is 48.8. The summed E-state index contributed by atoms with van der Waals surface area (Å²) in [5, 5.41) is 27.7. The van der Waals surface area contributed by atoms with E-state index in [1.54, 1.807) is 54.2 Å². The number of aliphatic hydroxyl groups excluding tert-OH is 1. The van der Waals surface area contributed by atoms with Gasteiger partial charge < -0.3 is 48.3 Å². The molecule has 5 heterocycles. The van der Waals surface area contributed by atoms with Gasteiger partial charge in [0.15, 0.2) is 17.0 Å². The highest BCUT2D eigenvalue weighted by molar-refractivity contribution is 8.07. The number of hydrogen-bond acceptors (Lipinski definition) is 17. The van der Waals surface area contributed by atoms with E-state index in [0.717, 1.165) is 27.8 Å². The van der Waals surface area contributed by atoms with Crippen LogP contribution in [-0.4, -0.2) is 96.8 Å². The fourth-order valence-corrected chi connectivity index (χ4v) is 13.4. The number of anilines is 2. The van der Waals surface area contributed by atoms with Gasteiger partial charge in [0.2, 0.25) is 0 Å². The number of carbonyl (C=O) groups is 2. The summed E-state index contributed by atoms with van der Waals surface area (Å²) in [6.07, 6.45) is 0.161. The first-order chi connectivity index (χ1) is 42.0. The van der Waals surface area contributed by atoms with Crippen molar-refractivity contribution in [3.05, 3.63) is 220 Å². The number of fused-ring (bicyclic) bond motifs is 1. The minimum Gasteiger partial charge on any atom is -0.497 e. The van der Waals surface area contributed by atoms with Crippen LogP contribution < -0.4 is 21.1 Å². The van der Waals surface area contributed by atoms with Crippen molar-refractivity contribution in [1.82, 2.24) is 29.1 Å². The number of carbonyl (C=O) groups excluding carboxylic acids is 2. The lowest BCUT2D eigenvalue weighted by Crippen LogP contribution is -2.39. The summed E-state index contributed by atoms with van der Waals surface area (Å²) in [6, 6.07) is 45.0. The number of aliphatic hydroxyl groups is 1. The van der Waals surface area contributed by atoms with Crippen molar-refractivity contribution < 1.29 is 47.2 Å². The van der Waals surface area contributed by atoms with E-state index >= 15 is 0 Å². The first kappa shape index (κ1) is 61.9. The van der Waals surface area contributed by atoms with Crippen LogP contribution in [-0.2, 0) is 45.2 Å². The average molecular weight is 1210 g/mol. The van der Waals surface area contributed by atoms with Crippen molar-refractivity contribution in [2.75, 3.05) is 31.0 Å². The van der Waals surface area contributed by atoms with Gasteiger partial charge in [-0.2, -0.15) is 10.2 Å². The van der Waals surface area contributed by atoms with Crippen LogP contribution >= 0.6 is 6.72 Å². The number of methoxy groups -OCH3 is 1. The summed E-state index contributed by atoms with van der Waals surface area (Å²) < 4.78 is 50.2. The lowest BCUT2D eigenvalue weighted by Gasteiger charge is -2.39. The van der Waals surface area contributed by atoms with E-state index in [2.05, 4.69) is 43.2 Å².